The molecule has 4 fully saturated rings. The zero-order chi connectivity index (χ0) is 22.6. The average molecular weight is 442 g/mol. The molecule has 0 saturated heterocycles. The Morgan fingerprint density at radius 3 is 2.34 bits per heavy atom. The lowest BCUT2D eigenvalue weighted by Crippen LogP contribution is -2.49. The second-order valence-corrected chi connectivity index (χ2v) is 10.5. The molecule has 4 aliphatic rings. The number of carboxylic acids is 1. The summed E-state index contributed by atoms with van der Waals surface area (Å²) in [6.07, 6.45) is 10.7. The van der Waals surface area contributed by atoms with Crippen LogP contribution in [0.4, 0.5) is 5.69 Å². The van der Waals surface area contributed by atoms with E-state index in [0.29, 0.717) is 24.6 Å². The van der Waals surface area contributed by atoms with Gasteiger partial charge < -0.3 is 20.5 Å². The van der Waals surface area contributed by atoms with E-state index in [0.717, 1.165) is 42.4 Å². The number of rotatable bonds is 10. The van der Waals surface area contributed by atoms with Gasteiger partial charge in [-0.05, 0) is 113 Å². The van der Waals surface area contributed by atoms with Crippen LogP contribution in [0.15, 0.2) is 29.3 Å². The number of nitrogens with zero attached hydrogens (tertiary/aromatic N) is 1. The van der Waals surface area contributed by atoms with Crippen molar-refractivity contribution in [3.05, 3.63) is 29.8 Å². The van der Waals surface area contributed by atoms with Gasteiger partial charge in [-0.15, -0.1) is 0 Å². The van der Waals surface area contributed by atoms with Crippen molar-refractivity contribution in [3.63, 3.8) is 0 Å². The molecule has 0 heterocycles. The first-order valence-corrected chi connectivity index (χ1v) is 12.4. The molecule has 4 bridgehead atoms. The molecule has 32 heavy (non-hydrogen) atoms. The van der Waals surface area contributed by atoms with E-state index in [4.69, 9.17) is 14.8 Å². The lowest BCUT2D eigenvalue weighted by atomic mass is 9.48. The summed E-state index contributed by atoms with van der Waals surface area (Å²) in [6, 6.07) is 7.17. The molecule has 1 aromatic rings. The van der Waals surface area contributed by atoms with Crippen LogP contribution >= 0.6 is 0 Å². The Morgan fingerprint density at radius 1 is 1.16 bits per heavy atom. The van der Waals surface area contributed by atoms with Crippen LogP contribution in [-0.2, 0) is 4.74 Å². The molecule has 4 saturated carbocycles. The van der Waals surface area contributed by atoms with Gasteiger partial charge in [0.25, 0.3) is 0 Å². The summed E-state index contributed by atoms with van der Waals surface area (Å²) in [5.74, 6) is 2.74. The van der Waals surface area contributed by atoms with Gasteiger partial charge in [0.1, 0.15) is 0 Å². The lowest BCUT2D eigenvalue weighted by Gasteiger charge is -2.57. The van der Waals surface area contributed by atoms with Gasteiger partial charge in [-0.2, -0.15) is 0 Å². The Bertz CT molecular complexity index is 770. The Hall–Kier alpha value is -2.08. The number of anilines is 1. The van der Waals surface area contributed by atoms with Crippen molar-refractivity contribution >= 4 is 17.6 Å². The summed E-state index contributed by atoms with van der Waals surface area (Å²) >= 11 is 0. The van der Waals surface area contributed by atoms with Crippen molar-refractivity contribution in [1.29, 1.82) is 0 Å². The van der Waals surface area contributed by atoms with E-state index in [1.165, 1.54) is 44.9 Å². The second kappa shape index (κ2) is 10.2. The highest BCUT2D eigenvalue weighted by Crippen LogP contribution is 2.61. The second-order valence-electron chi connectivity index (χ2n) is 10.5. The van der Waals surface area contributed by atoms with Gasteiger partial charge >= 0.3 is 5.97 Å². The van der Waals surface area contributed by atoms with Crippen molar-refractivity contribution in [3.8, 4) is 0 Å². The van der Waals surface area contributed by atoms with Gasteiger partial charge in [0.05, 0.1) is 5.56 Å². The van der Waals surface area contributed by atoms with Gasteiger partial charge in [0.2, 0.25) is 0 Å². The molecule has 0 aliphatic heterocycles. The molecular formula is C26H39N3O3. The molecule has 1 unspecified atom stereocenters. The highest BCUT2D eigenvalue weighted by atomic mass is 16.5. The zero-order valence-electron chi connectivity index (χ0n) is 19.6. The fraction of sp³-hybridized carbons (Fsp3) is 0.692. The molecule has 6 heteroatoms. The van der Waals surface area contributed by atoms with Crippen molar-refractivity contribution in [2.24, 2.45) is 28.2 Å². The molecule has 0 amide bonds. The maximum absolute atomic E-state index is 11.1. The maximum atomic E-state index is 11.1. The molecule has 6 nitrogen and oxygen atoms in total. The van der Waals surface area contributed by atoms with Gasteiger partial charge in [0.15, 0.2) is 5.96 Å². The van der Waals surface area contributed by atoms with E-state index < -0.39 is 5.97 Å². The minimum absolute atomic E-state index is 0.286. The summed E-state index contributed by atoms with van der Waals surface area (Å²) in [5.41, 5.74) is 1.65. The van der Waals surface area contributed by atoms with Crippen LogP contribution in [0.25, 0.3) is 0 Å². The Kier molecular flexibility index (Phi) is 7.39. The Morgan fingerprint density at radius 2 is 1.78 bits per heavy atom. The number of aliphatic imine (C=N–C) groups is 1. The SMILES string of the molecule is CCOCCCN=C(Nc1ccc(C(=O)O)cc1)NC(C)CC12CC3CC(CC(C3)C1)C2. The highest BCUT2D eigenvalue weighted by molar-refractivity contribution is 5.94. The number of carboxylic acid groups (broad SMARTS) is 1. The number of hydrogen-bond donors (Lipinski definition) is 3. The fourth-order valence-electron chi connectivity index (χ4n) is 6.93. The monoisotopic (exact) mass is 441 g/mol. The van der Waals surface area contributed by atoms with Crippen LogP contribution in [0.3, 0.4) is 0 Å². The van der Waals surface area contributed by atoms with Gasteiger partial charge in [-0.3, -0.25) is 4.99 Å². The molecule has 4 aliphatic carbocycles. The molecule has 0 aromatic heterocycles. The van der Waals surface area contributed by atoms with Crippen LogP contribution in [0, 0.1) is 23.2 Å². The minimum Gasteiger partial charge on any atom is -0.478 e. The Balaban J connectivity index is 1.38. The number of ether oxygens (including phenoxy) is 1. The zero-order valence-corrected chi connectivity index (χ0v) is 19.6. The number of nitrogens with one attached hydrogen (secondary N) is 2. The van der Waals surface area contributed by atoms with E-state index in [1.54, 1.807) is 24.3 Å². The smallest absolute Gasteiger partial charge is 0.335 e. The number of carbonyl (C=O) groups is 1. The maximum Gasteiger partial charge on any atom is 0.335 e. The lowest BCUT2D eigenvalue weighted by molar-refractivity contribution is -0.0603. The van der Waals surface area contributed by atoms with Crippen LogP contribution in [-0.4, -0.2) is 42.8 Å². The van der Waals surface area contributed by atoms with Gasteiger partial charge in [-0.1, -0.05) is 0 Å². The van der Waals surface area contributed by atoms with E-state index in [9.17, 15) is 4.79 Å². The molecule has 3 N–H and O–H groups in total. The number of aromatic carboxylic acids is 1. The number of hydrogen-bond acceptors (Lipinski definition) is 3. The van der Waals surface area contributed by atoms with Crippen molar-refractivity contribution in [2.75, 3.05) is 25.1 Å². The predicted molar refractivity (Wildman–Crippen MR) is 128 cm³/mol. The van der Waals surface area contributed by atoms with E-state index in [-0.39, 0.29) is 5.56 Å². The number of benzene rings is 1. The first-order valence-electron chi connectivity index (χ1n) is 12.4. The van der Waals surface area contributed by atoms with Crippen LogP contribution in [0.1, 0.15) is 75.6 Å². The first kappa shape index (κ1) is 23.1. The van der Waals surface area contributed by atoms with E-state index in [1.807, 2.05) is 6.92 Å². The molecule has 1 atom stereocenters. The molecular weight excluding hydrogens is 402 g/mol. The van der Waals surface area contributed by atoms with Gasteiger partial charge in [0, 0.05) is 31.5 Å². The van der Waals surface area contributed by atoms with Crippen LogP contribution in [0.5, 0.6) is 0 Å². The Labute approximate surface area is 192 Å². The van der Waals surface area contributed by atoms with E-state index >= 15 is 0 Å². The normalized spacial score (nSPS) is 29.7. The predicted octanol–water partition coefficient (Wildman–Crippen LogP) is 5.16. The average Bonchev–Trinajstić information content (AvgIpc) is 2.72. The molecule has 1 aromatic carbocycles. The van der Waals surface area contributed by atoms with Crippen LogP contribution in [0.2, 0.25) is 0 Å². The quantitative estimate of drug-likeness (QED) is 0.265. The molecule has 0 spiro atoms. The van der Waals surface area contributed by atoms with Crippen molar-refractivity contribution in [2.45, 2.75) is 71.3 Å². The van der Waals surface area contributed by atoms with Crippen LogP contribution < -0.4 is 10.6 Å². The van der Waals surface area contributed by atoms with Crippen molar-refractivity contribution < 1.29 is 14.6 Å². The summed E-state index contributed by atoms with van der Waals surface area (Å²) in [4.78, 5) is 15.9. The molecule has 5 rings (SSSR count). The minimum atomic E-state index is -0.913. The molecule has 0 radical (unpaired) electrons. The van der Waals surface area contributed by atoms with E-state index in [2.05, 4.69) is 17.6 Å². The largest absolute Gasteiger partial charge is 0.478 e. The summed E-state index contributed by atoms with van der Waals surface area (Å²) in [6.45, 7) is 6.41. The molecule has 176 valence electrons. The van der Waals surface area contributed by atoms with Gasteiger partial charge in [-0.25, -0.2) is 4.79 Å². The van der Waals surface area contributed by atoms with Crippen molar-refractivity contribution in [1.82, 2.24) is 5.32 Å². The number of guanidine groups is 1. The summed E-state index contributed by atoms with van der Waals surface area (Å²) < 4.78 is 5.44. The topological polar surface area (TPSA) is 83.0 Å². The highest BCUT2D eigenvalue weighted by Gasteiger charge is 2.51. The standard InChI is InChI=1S/C26H39N3O3/c1-3-32-10-4-9-27-25(29-23-7-5-22(6-8-23)24(30)31)28-18(2)14-26-15-19-11-20(16-26)13-21(12-19)17-26/h5-8,18-21H,3-4,9-17H2,1-2H3,(H,30,31)(H2,27,28,29). The fourth-order valence-corrected chi connectivity index (χ4v) is 6.93. The third kappa shape index (κ3) is 5.83. The summed E-state index contributed by atoms with van der Waals surface area (Å²) in [7, 11) is 0. The summed E-state index contributed by atoms with van der Waals surface area (Å²) in [5, 5.41) is 16.2. The third-order valence-corrected chi connectivity index (χ3v) is 7.60. The first-order chi connectivity index (χ1) is 15.4. The third-order valence-electron chi connectivity index (χ3n) is 7.60.